The van der Waals surface area contributed by atoms with Gasteiger partial charge in [0.2, 0.25) is 0 Å². The Morgan fingerprint density at radius 1 is 0.944 bits per heavy atom. The monoisotopic (exact) mass is 285 g/mol. The molecule has 0 saturated carbocycles. The highest BCUT2D eigenvalue weighted by molar-refractivity contribution is 6.31. The molecule has 1 nitrogen and oxygen atoms in total. The van der Waals surface area contributed by atoms with E-state index in [0.29, 0.717) is 10.7 Å². The maximum Gasteiger partial charge on any atom is 0.153 e. The second-order valence-corrected chi connectivity index (χ2v) is 4.34. The first-order valence-corrected chi connectivity index (χ1v) is 5.76. The van der Waals surface area contributed by atoms with Crippen LogP contribution in [0.5, 0.6) is 0 Å². The minimum Gasteiger partial charge on any atom is -0.256 e. The fourth-order valence-corrected chi connectivity index (χ4v) is 1.62. The van der Waals surface area contributed by atoms with Crippen molar-refractivity contribution in [3.8, 4) is 0 Å². The lowest BCUT2D eigenvalue weighted by molar-refractivity contribution is 0.580. The van der Waals surface area contributed by atoms with Crippen LogP contribution in [-0.2, 0) is 0 Å². The molecular formula is C13H7Cl2F2N. The fraction of sp³-hybridized carbons (Fsp3) is 0. The van der Waals surface area contributed by atoms with Gasteiger partial charge in [-0.05, 0) is 36.4 Å². The van der Waals surface area contributed by atoms with Crippen LogP contribution in [0.1, 0.15) is 5.56 Å². The predicted octanol–water partition coefficient (Wildman–Crippen LogP) is 5.02. The second-order valence-electron chi connectivity index (χ2n) is 3.49. The summed E-state index contributed by atoms with van der Waals surface area (Å²) in [5.41, 5.74) is 0.274. The van der Waals surface area contributed by atoms with Gasteiger partial charge in [0.25, 0.3) is 0 Å². The number of halogens is 4. The molecule has 0 saturated heterocycles. The molecule has 0 amide bonds. The van der Waals surface area contributed by atoms with E-state index in [-0.39, 0.29) is 10.6 Å². The van der Waals surface area contributed by atoms with Crippen LogP contribution in [0, 0.1) is 11.6 Å². The van der Waals surface area contributed by atoms with Crippen molar-refractivity contribution in [1.29, 1.82) is 0 Å². The van der Waals surface area contributed by atoms with E-state index in [2.05, 4.69) is 4.99 Å². The van der Waals surface area contributed by atoms with E-state index in [1.807, 2.05) is 0 Å². The molecule has 0 aliphatic rings. The van der Waals surface area contributed by atoms with Crippen molar-refractivity contribution in [2.75, 3.05) is 0 Å². The molecule has 2 aromatic carbocycles. The van der Waals surface area contributed by atoms with Crippen LogP contribution in [-0.4, -0.2) is 6.21 Å². The summed E-state index contributed by atoms with van der Waals surface area (Å²) in [7, 11) is 0. The standard InChI is InChI=1S/C13H7Cl2F2N/c14-8-1-3-9(4-2-8)18-7-10-12(16)6-5-11(15)13(10)17/h1-7H. The van der Waals surface area contributed by atoms with Gasteiger partial charge in [-0.25, -0.2) is 8.78 Å². The molecule has 0 atom stereocenters. The molecule has 92 valence electrons. The summed E-state index contributed by atoms with van der Waals surface area (Å²) in [5.74, 6) is -1.54. The minimum absolute atomic E-state index is 0.144. The van der Waals surface area contributed by atoms with E-state index >= 15 is 0 Å². The number of hydrogen-bond donors (Lipinski definition) is 0. The lowest BCUT2D eigenvalue weighted by atomic mass is 10.2. The van der Waals surface area contributed by atoms with Crippen molar-refractivity contribution in [2.45, 2.75) is 0 Å². The summed E-state index contributed by atoms with van der Waals surface area (Å²) in [6.07, 6.45) is 1.10. The maximum atomic E-state index is 13.5. The Balaban J connectivity index is 2.34. The Morgan fingerprint density at radius 3 is 2.28 bits per heavy atom. The number of aliphatic imine (C=N–C) groups is 1. The van der Waals surface area contributed by atoms with Crippen molar-refractivity contribution in [1.82, 2.24) is 0 Å². The topological polar surface area (TPSA) is 12.4 Å². The molecule has 0 aliphatic heterocycles. The SMILES string of the molecule is Fc1ccc(Cl)c(F)c1C=Nc1ccc(Cl)cc1. The van der Waals surface area contributed by atoms with Gasteiger partial charge in [0.1, 0.15) is 5.82 Å². The van der Waals surface area contributed by atoms with E-state index in [4.69, 9.17) is 23.2 Å². The van der Waals surface area contributed by atoms with Gasteiger partial charge in [0.05, 0.1) is 16.3 Å². The van der Waals surface area contributed by atoms with Crippen LogP contribution in [0.2, 0.25) is 10.0 Å². The summed E-state index contributed by atoms with van der Waals surface area (Å²) in [5, 5.41) is 0.419. The highest BCUT2D eigenvalue weighted by Gasteiger charge is 2.10. The molecule has 2 aromatic rings. The predicted molar refractivity (Wildman–Crippen MR) is 70.1 cm³/mol. The van der Waals surface area contributed by atoms with E-state index in [0.717, 1.165) is 18.3 Å². The van der Waals surface area contributed by atoms with Gasteiger partial charge in [-0.15, -0.1) is 0 Å². The van der Waals surface area contributed by atoms with E-state index < -0.39 is 11.6 Å². The molecule has 0 aromatic heterocycles. The van der Waals surface area contributed by atoms with Gasteiger partial charge >= 0.3 is 0 Å². The van der Waals surface area contributed by atoms with E-state index in [1.165, 1.54) is 0 Å². The first kappa shape index (κ1) is 13.0. The van der Waals surface area contributed by atoms with E-state index in [9.17, 15) is 8.78 Å². The molecule has 0 bridgehead atoms. The molecule has 0 radical (unpaired) electrons. The highest BCUT2D eigenvalue weighted by atomic mass is 35.5. The van der Waals surface area contributed by atoms with Crippen molar-refractivity contribution < 1.29 is 8.78 Å². The maximum absolute atomic E-state index is 13.5. The van der Waals surface area contributed by atoms with Gasteiger partial charge in [-0.3, -0.25) is 4.99 Å². The number of nitrogens with zero attached hydrogens (tertiary/aromatic N) is 1. The van der Waals surface area contributed by atoms with Gasteiger partial charge in [0.15, 0.2) is 5.82 Å². The molecule has 0 aliphatic carbocycles. The van der Waals surface area contributed by atoms with Crippen LogP contribution in [0.3, 0.4) is 0 Å². The van der Waals surface area contributed by atoms with Gasteiger partial charge < -0.3 is 0 Å². The molecule has 0 N–H and O–H groups in total. The number of hydrogen-bond acceptors (Lipinski definition) is 1. The average Bonchev–Trinajstić information content (AvgIpc) is 2.36. The van der Waals surface area contributed by atoms with Gasteiger partial charge in [-0.1, -0.05) is 23.2 Å². The molecule has 18 heavy (non-hydrogen) atoms. The largest absolute Gasteiger partial charge is 0.256 e. The Kier molecular flexibility index (Phi) is 3.94. The van der Waals surface area contributed by atoms with Gasteiger partial charge in [0, 0.05) is 11.2 Å². The number of benzene rings is 2. The Hall–Kier alpha value is -1.45. The third-order valence-electron chi connectivity index (χ3n) is 2.25. The Labute approximate surface area is 113 Å². The zero-order valence-corrected chi connectivity index (χ0v) is 10.5. The van der Waals surface area contributed by atoms with Crippen LogP contribution >= 0.6 is 23.2 Å². The quantitative estimate of drug-likeness (QED) is 0.543. The smallest absolute Gasteiger partial charge is 0.153 e. The summed E-state index contributed by atoms with van der Waals surface area (Å²) in [6, 6.07) is 8.80. The van der Waals surface area contributed by atoms with Crippen LogP contribution < -0.4 is 0 Å². The number of rotatable bonds is 2. The average molecular weight is 286 g/mol. The summed E-state index contributed by atoms with van der Waals surface area (Å²) in [6.45, 7) is 0. The molecule has 0 spiro atoms. The van der Waals surface area contributed by atoms with Crippen LogP contribution in [0.25, 0.3) is 0 Å². The summed E-state index contributed by atoms with van der Waals surface area (Å²) >= 11 is 11.3. The lowest BCUT2D eigenvalue weighted by Crippen LogP contribution is -1.94. The molecule has 0 heterocycles. The third-order valence-corrected chi connectivity index (χ3v) is 2.79. The Morgan fingerprint density at radius 2 is 1.61 bits per heavy atom. The molecule has 5 heteroatoms. The van der Waals surface area contributed by atoms with Crippen LogP contribution in [0.4, 0.5) is 14.5 Å². The normalized spacial score (nSPS) is 11.1. The summed E-state index contributed by atoms with van der Waals surface area (Å²) in [4.78, 5) is 3.96. The first-order chi connectivity index (χ1) is 8.58. The van der Waals surface area contributed by atoms with Crippen LogP contribution in [0.15, 0.2) is 41.4 Å². The lowest BCUT2D eigenvalue weighted by Gasteiger charge is -2.00. The van der Waals surface area contributed by atoms with Crippen molar-refractivity contribution in [2.24, 2.45) is 4.99 Å². The molecule has 0 fully saturated rings. The highest BCUT2D eigenvalue weighted by Crippen LogP contribution is 2.21. The van der Waals surface area contributed by atoms with Crippen molar-refractivity contribution in [3.63, 3.8) is 0 Å². The fourth-order valence-electron chi connectivity index (χ4n) is 1.33. The molecule has 2 rings (SSSR count). The summed E-state index contributed by atoms with van der Waals surface area (Å²) < 4.78 is 26.9. The van der Waals surface area contributed by atoms with Crippen molar-refractivity contribution in [3.05, 3.63) is 63.6 Å². The zero-order chi connectivity index (χ0) is 13.1. The van der Waals surface area contributed by atoms with E-state index in [1.54, 1.807) is 24.3 Å². The van der Waals surface area contributed by atoms with Gasteiger partial charge in [-0.2, -0.15) is 0 Å². The third kappa shape index (κ3) is 2.86. The zero-order valence-electron chi connectivity index (χ0n) is 9.00. The van der Waals surface area contributed by atoms with Crippen molar-refractivity contribution >= 4 is 35.1 Å². The first-order valence-electron chi connectivity index (χ1n) is 5.01. The minimum atomic E-state index is -0.825. The molecular weight excluding hydrogens is 279 g/mol. The molecule has 0 unspecified atom stereocenters. The Bertz CT molecular complexity index is 595. The second kappa shape index (κ2) is 5.46.